The number of aromatic nitrogens is 4. The van der Waals surface area contributed by atoms with Gasteiger partial charge in [-0.2, -0.15) is 0 Å². The fourth-order valence-corrected chi connectivity index (χ4v) is 5.50. The van der Waals surface area contributed by atoms with E-state index in [1.54, 1.807) is 6.07 Å². The molecule has 11 heteroatoms. The van der Waals surface area contributed by atoms with Gasteiger partial charge in [-0.1, -0.05) is 57.3 Å². The Bertz CT molecular complexity index is 1410. The molecule has 0 fully saturated rings. The van der Waals surface area contributed by atoms with Crippen molar-refractivity contribution < 1.29 is 9.59 Å². The van der Waals surface area contributed by atoms with Gasteiger partial charge in [-0.15, -0.1) is 0 Å². The second kappa shape index (κ2) is 9.41. The molecule has 0 radical (unpaired) electrons. The predicted octanol–water partition coefficient (Wildman–Crippen LogP) is 4.03. The van der Waals surface area contributed by atoms with Crippen LogP contribution >= 0.6 is 45.2 Å². The molecule has 1 aromatic carbocycles. The Morgan fingerprint density at radius 2 is 1.97 bits per heavy atom. The van der Waals surface area contributed by atoms with Gasteiger partial charge in [0.2, 0.25) is 5.95 Å². The van der Waals surface area contributed by atoms with Crippen molar-refractivity contribution in [3.8, 4) is 0 Å². The van der Waals surface area contributed by atoms with Crippen molar-refractivity contribution in [2.24, 2.45) is 0 Å². The number of imidazole rings is 1. The van der Waals surface area contributed by atoms with Crippen molar-refractivity contribution >= 4 is 85.0 Å². The van der Waals surface area contributed by atoms with Crippen LogP contribution in [0.2, 0.25) is 0 Å². The fourth-order valence-electron chi connectivity index (χ4n) is 4.15. The summed E-state index contributed by atoms with van der Waals surface area (Å²) in [5.41, 5.74) is 3.26. The van der Waals surface area contributed by atoms with Crippen molar-refractivity contribution in [1.29, 1.82) is 0 Å². The number of carbonyl (C=O) groups excluding carboxylic acids is 2. The Morgan fingerprint density at radius 3 is 2.76 bits per heavy atom. The maximum absolute atomic E-state index is 13.2. The minimum Gasteiger partial charge on any atom is -0.336 e. The molecule has 0 spiro atoms. The van der Waals surface area contributed by atoms with Crippen molar-refractivity contribution in [3.05, 3.63) is 53.9 Å². The minimum absolute atomic E-state index is 0.0184. The molecule has 34 heavy (non-hydrogen) atoms. The van der Waals surface area contributed by atoms with Crippen LogP contribution < -0.4 is 10.6 Å². The van der Waals surface area contributed by atoms with Gasteiger partial charge in [0.05, 0.1) is 11.0 Å². The molecule has 0 bridgehead atoms. The first-order valence-corrected chi connectivity index (χ1v) is 13.3. The van der Waals surface area contributed by atoms with Gasteiger partial charge >= 0.3 is 0 Å². The second-order valence-electron chi connectivity index (χ2n) is 8.44. The number of pyridine rings is 1. The van der Waals surface area contributed by atoms with Gasteiger partial charge in [0.15, 0.2) is 0 Å². The monoisotopic (exact) mass is 683 g/mol. The first kappa shape index (κ1) is 23.5. The van der Waals surface area contributed by atoms with Crippen molar-refractivity contribution in [2.75, 3.05) is 26.0 Å². The molecule has 0 saturated heterocycles. The van der Waals surface area contributed by atoms with E-state index >= 15 is 0 Å². The number of carbonyl (C=O) groups is 2. The summed E-state index contributed by atoms with van der Waals surface area (Å²) in [6.07, 6.45) is 0.924. The van der Waals surface area contributed by atoms with Crippen LogP contribution in [0.25, 0.3) is 22.1 Å². The van der Waals surface area contributed by atoms with E-state index in [0.29, 0.717) is 17.3 Å². The average molecular weight is 683 g/mol. The van der Waals surface area contributed by atoms with Crippen LogP contribution in [0.4, 0.5) is 5.95 Å². The lowest BCUT2D eigenvalue weighted by molar-refractivity contribution is 0.0925. The Balaban J connectivity index is 1.48. The Kier molecular flexibility index (Phi) is 6.50. The van der Waals surface area contributed by atoms with E-state index in [1.807, 2.05) is 59.6 Å². The van der Waals surface area contributed by atoms with Gasteiger partial charge in [-0.3, -0.25) is 14.9 Å². The molecule has 9 nitrogen and oxygen atoms in total. The molecule has 2 amide bonds. The molecule has 2 N–H and O–H groups in total. The van der Waals surface area contributed by atoms with Gasteiger partial charge in [0, 0.05) is 11.9 Å². The molecule has 4 aromatic rings. The summed E-state index contributed by atoms with van der Waals surface area (Å²) < 4.78 is 3.85. The summed E-state index contributed by atoms with van der Waals surface area (Å²) in [6, 6.07) is 13.2. The first-order valence-electron chi connectivity index (χ1n) is 10.9. The molecule has 2 atom stereocenters. The summed E-state index contributed by atoms with van der Waals surface area (Å²) in [5, 5.41) is 6.75. The zero-order valence-corrected chi connectivity index (χ0v) is 22.9. The number of para-hydroxylation sites is 2. The van der Waals surface area contributed by atoms with Gasteiger partial charge in [-0.05, 0) is 57.4 Å². The molecular weight excluding hydrogens is 660 g/mol. The summed E-state index contributed by atoms with van der Waals surface area (Å²) in [6.45, 7) is 1.66. The molecule has 5 rings (SSSR count). The number of anilines is 1. The minimum atomic E-state index is -0.335. The number of nitrogens with zero attached hydrogens (tertiary/aromatic N) is 5. The number of amides is 2. The number of fused-ring (bicyclic) bond motifs is 4. The predicted molar refractivity (Wildman–Crippen MR) is 149 cm³/mol. The summed E-state index contributed by atoms with van der Waals surface area (Å²) in [4.78, 5) is 37.1. The highest BCUT2D eigenvalue weighted by atomic mass is 127. The molecule has 176 valence electrons. The van der Waals surface area contributed by atoms with Gasteiger partial charge in [0.25, 0.3) is 11.8 Å². The average Bonchev–Trinajstić information content (AvgIpc) is 3.36. The van der Waals surface area contributed by atoms with E-state index < -0.39 is 0 Å². The number of aryl methyl sites for hydroxylation is 1. The van der Waals surface area contributed by atoms with Crippen LogP contribution in [-0.4, -0.2) is 60.5 Å². The van der Waals surface area contributed by atoms with Gasteiger partial charge in [0.1, 0.15) is 25.1 Å². The van der Waals surface area contributed by atoms with Crippen LogP contribution in [-0.2, 0) is 6.54 Å². The SMILES string of the molecule is CN(C)CCCn1c(NC(=O)c2ccc3cc4n(c3n2)C(I)C(I)NC4=O)nc2ccccc21. The van der Waals surface area contributed by atoms with Crippen molar-refractivity contribution in [3.63, 3.8) is 0 Å². The number of benzene rings is 1. The number of halogens is 2. The highest BCUT2D eigenvalue weighted by Gasteiger charge is 2.32. The number of hydrogen-bond donors (Lipinski definition) is 2. The molecule has 0 aliphatic carbocycles. The van der Waals surface area contributed by atoms with E-state index in [-0.39, 0.29) is 25.6 Å². The van der Waals surface area contributed by atoms with Crippen LogP contribution in [0, 0.1) is 0 Å². The molecule has 1 aliphatic rings. The molecule has 4 heterocycles. The largest absolute Gasteiger partial charge is 0.336 e. The number of rotatable bonds is 6. The zero-order chi connectivity index (χ0) is 24.0. The van der Waals surface area contributed by atoms with Gasteiger partial charge in [-0.25, -0.2) is 9.97 Å². The van der Waals surface area contributed by atoms with Crippen LogP contribution in [0.5, 0.6) is 0 Å². The third-order valence-corrected chi connectivity index (χ3v) is 9.42. The molecule has 1 aliphatic heterocycles. The normalized spacial score (nSPS) is 17.9. The standard InChI is InChI=1S/C23H23I2N7O2/c1-30(2)10-5-11-31-16-7-4-3-6-14(16)27-23(31)29-21(33)15-9-8-13-12-17-22(34)28-18(24)19(25)32(17)20(13)26-15/h3-4,6-9,12,18-19H,5,10-11H2,1-2H3,(H,28,34)(H,27,29,33). The lowest BCUT2D eigenvalue weighted by Crippen LogP contribution is -2.41. The second-order valence-corrected chi connectivity index (χ2v) is 11.1. The molecular formula is C23H23I2N7O2. The number of hydrogen-bond acceptors (Lipinski definition) is 5. The molecule has 3 aromatic heterocycles. The van der Waals surface area contributed by atoms with E-state index in [1.165, 1.54) is 0 Å². The zero-order valence-electron chi connectivity index (χ0n) is 18.6. The summed E-state index contributed by atoms with van der Waals surface area (Å²) in [5.74, 6) is 0.0307. The van der Waals surface area contributed by atoms with E-state index in [2.05, 4.69) is 70.7 Å². The van der Waals surface area contributed by atoms with Gasteiger partial charge < -0.3 is 19.4 Å². The highest BCUT2D eigenvalue weighted by Crippen LogP contribution is 2.35. The van der Waals surface area contributed by atoms with E-state index in [4.69, 9.17) is 0 Å². The lowest BCUT2D eigenvalue weighted by Gasteiger charge is -2.27. The third-order valence-electron chi connectivity index (χ3n) is 5.77. The van der Waals surface area contributed by atoms with Crippen LogP contribution in [0.15, 0.2) is 42.5 Å². The number of nitrogens with one attached hydrogen (secondary N) is 2. The summed E-state index contributed by atoms with van der Waals surface area (Å²) >= 11 is 4.50. The Labute approximate surface area is 223 Å². The smallest absolute Gasteiger partial charge is 0.276 e. The Hall–Kier alpha value is -2.26. The quantitative estimate of drug-likeness (QED) is 0.182. The number of alkyl halides is 2. The van der Waals surface area contributed by atoms with Crippen LogP contribution in [0.1, 0.15) is 31.4 Å². The maximum atomic E-state index is 13.2. The van der Waals surface area contributed by atoms with Crippen molar-refractivity contribution in [2.45, 2.75) is 21.1 Å². The van der Waals surface area contributed by atoms with Crippen LogP contribution in [0.3, 0.4) is 0 Å². The maximum Gasteiger partial charge on any atom is 0.276 e. The highest BCUT2D eigenvalue weighted by molar-refractivity contribution is 14.1. The van der Waals surface area contributed by atoms with E-state index in [0.717, 1.165) is 35.9 Å². The third kappa shape index (κ3) is 4.28. The summed E-state index contributed by atoms with van der Waals surface area (Å²) in [7, 11) is 4.09. The molecule has 2 unspecified atom stereocenters. The topological polar surface area (TPSA) is 97.1 Å². The van der Waals surface area contributed by atoms with E-state index in [9.17, 15) is 9.59 Å². The van der Waals surface area contributed by atoms with Crippen molar-refractivity contribution in [1.82, 2.24) is 29.3 Å². The first-order chi connectivity index (χ1) is 16.3. The Morgan fingerprint density at radius 1 is 1.18 bits per heavy atom. The molecule has 0 saturated carbocycles. The fraction of sp³-hybridized carbons (Fsp3) is 0.304. The lowest BCUT2D eigenvalue weighted by atomic mass is 10.2.